The summed E-state index contributed by atoms with van der Waals surface area (Å²) in [6.07, 6.45) is -1.31. The van der Waals surface area contributed by atoms with Crippen molar-refractivity contribution in [3.8, 4) is 11.1 Å². The Hall–Kier alpha value is -4.17. The standard InChI is InChI=1S/C32H36N2O6/c1-21(39-18-22-11-5-4-6-12-22)29(30(36)37)34-28(35)17-32(2,3)20-33-31(38)40-19-27-25-15-9-7-13-23(25)24-14-8-10-16-26(24)27/h4-16,21,27,29H,17-20H2,1-3H3,(H,33,38)(H,34,35)(H,36,37)/t21-,29+/m1/s1. The highest BCUT2D eigenvalue weighted by Gasteiger charge is 2.31. The Labute approximate surface area is 234 Å². The second-order valence-electron chi connectivity index (χ2n) is 10.9. The van der Waals surface area contributed by atoms with Gasteiger partial charge >= 0.3 is 12.1 Å². The smallest absolute Gasteiger partial charge is 0.407 e. The number of benzene rings is 3. The molecule has 210 valence electrons. The molecule has 0 spiro atoms. The number of ether oxygens (including phenoxy) is 2. The Morgan fingerprint density at radius 3 is 2.08 bits per heavy atom. The molecule has 0 unspecified atom stereocenters. The summed E-state index contributed by atoms with van der Waals surface area (Å²) in [6, 6.07) is 24.4. The fourth-order valence-corrected chi connectivity index (χ4v) is 4.96. The molecule has 8 heteroatoms. The van der Waals surface area contributed by atoms with E-state index in [0.717, 1.165) is 27.8 Å². The van der Waals surface area contributed by atoms with Gasteiger partial charge in [0.15, 0.2) is 6.04 Å². The van der Waals surface area contributed by atoms with Gasteiger partial charge in [-0.1, -0.05) is 92.7 Å². The van der Waals surface area contributed by atoms with Gasteiger partial charge in [-0.25, -0.2) is 9.59 Å². The average Bonchev–Trinajstić information content (AvgIpc) is 3.26. The number of nitrogens with one attached hydrogen (secondary N) is 2. The summed E-state index contributed by atoms with van der Waals surface area (Å²) in [5.74, 6) is -1.67. The summed E-state index contributed by atoms with van der Waals surface area (Å²) in [5.41, 5.74) is 4.82. The van der Waals surface area contributed by atoms with Crippen molar-refractivity contribution in [3.63, 3.8) is 0 Å². The van der Waals surface area contributed by atoms with E-state index in [9.17, 15) is 19.5 Å². The van der Waals surface area contributed by atoms with Crippen molar-refractivity contribution in [1.82, 2.24) is 10.6 Å². The molecule has 2 atom stereocenters. The number of hydrogen-bond donors (Lipinski definition) is 3. The molecule has 3 aromatic rings. The van der Waals surface area contributed by atoms with Gasteiger partial charge in [-0.2, -0.15) is 0 Å². The van der Waals surface area contributed by atoms with Crippen LogP contribution in [0.25, 0.3) is 11.1 Å². The molecule has 0 fully saturated rings. The van der Waals surface area contributed by atoms with Crippen LogP contribution in [0.1, 0.15) is 49.8 Å². The van der Waals surface area contributed by atoms with Crippen LogP contribution in [0.3, 0.4) is 0 Å². The molecule has 0 aromatic heterocycles. The van der Waals surface area contributed by atoms with E-state index in [1.54, 1.807) is 6.92 Å². The molecule has 4 rings (SSSR count). The molecule has 0 saturated heterocycles. The predicted molar refractivity (Wildman–Crippen MR) is 152 cm³/mol. The number of aliphatic carboxylic acids is 1. The van der Waals surface area contributed by atoms with Crippen LogP contribution in [-0.2, 0) is 25.7 Å². The van der Waals surface area contributed by atoms with Crippen LogP contribution in [0.5, 0.6) is 0 Å². The first kappa shape index (κ1) is 28.8. The molecule has 0 bridgehead atoms. The quantitative estimate of drug-likeness (QED) is 0.292. The number of carbonyl (C=O) groups is 3. The average molecular weight is 545 g/mol. The first-order valence-electron chi connectivity index (χ1n) is 13.4. The molecule has 0 heterocycles. The van der Waals surface area contributed by atoms with Gasteiger partial charge in [0.05, 0.1) is 12.7 Å². The zero-order valence-electron chi connectivity index (χ0n) is 23.1. The van der Waals surface area contributed by atoms with E-state index in [1.165, 1.54) is 0 Å². The molecular weight excluding hydrogens is 508 g/mol. The number of carboxylic acid groups (broad SMARTS) is 1. The third-order valence-electron chi connectivity index (χ3n) is 7.10. The lowest BCUT2D eigenvalue weighted by atomic mass is 9.88. The first-order valence-corrected chi connectivity index (χ1v) is 13.4. The topological polar surface area (TPSA) is 114 Å². The van der Waals surface area contributed by atoms with E-state index in [4.69, 9.17) is 9.47 Å². The minimum Gasteiger partial charge on any atom is -0.480 e. The van der Waals surface area contributed by atoms with Crippen molar-refractivity contribution >= 4 is 18.0 Å². The number of fused-ring (bicyclic) bond motifs is 3. The summed E-state index contributed by atoms with van der Waals surface area (Å²) in [7, 11) is 0. The minimum atomic E-state index is -1.21. The van der Waals surface area contributed by atoms with Crippen molar-refractivity contribution in [2.75, 3.05) is 13.2 Å². The van der Waals surface area contributed by atoms with Crippen molar-refractivity contribution < 1.29 is 29.0 Å². The Morgan fingerprint density at radius 2 is 1.48 bits per heavy atom. The molecule has 3 N–H and O–H groups in total. The maximum atomic E-state index is 12.8. The lowest BCUT2D eigenvalue weighted by Gasteiger charge is -2.27. The van der Waals surface area contributed by atoms with Gasteiger partial charge in [-0.05, 0) is 40.2 Å². The van der Waals surface area contributed by atoms with Crippen molar-refractivity contribution in [2.45, 2.75) is 51.9 Å². The van der Waals surface area contributed by atoms with Crippen LogP contribution >= 0.6 is 0 Å². The highest BCUT2D eigenvalue weighted by molar-refractivity contribution is 5.84. The number of alkyl carbamates (subject to hydrolysis) is 1. The van der Waals surface area contributed by atoms with Crippen molar-refractivity contribution in [3.05, 3.63) is 95.6 Å². The maximum absolute atomic E-state index is 12.8. The maximum Gasteiger partial charge on any atom is 0.407 e. The van der Waals surface area contributed by atoms with E-state index in [0.29, 0.717) is 0 Å². The summed E-state index contributed by atoms with van der Waals surface area (Å²) in [6.45, 7) is 5.86. The predicted octanol–water partition coefficient (Wildman–Crippen LogP) is 5.12. The molecule has 1 aliphatic rings. The third kappa shape index (κ3) is 7.27. The summed E-state index contributed by atoms with van der Waals surface area (Å²) < 4.78 is 11.3. The van der Waals surface area contributed by atoms with E-state index in [-0.39, 0.29) is 32.1 Å². The number of rotatable bonds is 12. The molecule has 0 saturated carbocycles. The van der Waals surface area contributed by atoms with Crippen molar-refractivity contribution in [2.24, 2.45) is 5.41 Å². The molecule has 3 aromatic carbocycles. The van der Waals surface area contributed by atoms with E-state index in [2.05, 4.69) is 34.9 Å². The minimum absolute atomic E-state index is 0.00579. The molecule has 1 aliphatic carbocycles. The van der Waals surface area contributed by atoms with Gasteiger partial charge < -0.3 is 25.2 Å². The molecule has 8 nitrogen and oxygen atoms in total. The molecule has 40 heavy (non-hydrogen) atoms. The second-order valence-corrected chi connectivity index (χ2v) is 10.9. The van der Waals surface area contributed by atoms with Gasteiger partial charge in [0.2, 0.25) is 5.91 Å². The Morgan fingerprint density at radius 1 is 0.900 bits per heavy atom. The Kier molecular flexibility index (Phi) is 9.22. The lowest BCUT2D eigenvalue weighted by Crippen LogP contribution is -2.50. The fraction of sp³-hybridized carbons (Fsp3) is 0.344. The summed E-state index contributed by atoms with van der Waals surface area (Å²) in [5, 5.41) is 15.0. The van der Waals surface area contributed by atoms with Crippen LogP contribution < -0.4 is 10.6 Å². The van der Waals surface area contributed by atoms with Gasteiger partial charge in [0.25, 0.3) is 0 Å². The summed E-state index contributed by atoms with van der Waals surface area (Å²) >= 11 is 0. The van der Waals surface area contributed by atoms with Crippen molar-refractivity contribution in [1.29, 1.82) is 0 Å². The largest absolute Gasteiger partial charge is 0.480 e. The molecular formula is C32H36N2O6. The Balaban J connectivity index is 1.25. The van der Waals surface area contributed by atoms with Crippen LogP contribution in [0, 0.1) is 5.41 Å². The highest BCUT2D eigenvalue weighted by Crippen LogP contribution is 2.44. The van der Waals surface area contributed by atoms with Gasteiger partial charge in [-0.3, -0.25) is 4.79 Å². The Bertz CT molecular complexity index is 1290. The molecule has 0 aliphatic heterocycles. The number of hydrogen-bond acceptors (Lipinski definition) is 5. The van der Waals surface area contributed by atoms with Crippen LogP contribution in [0.15, 0.2) is 78.9 Å². The molecule has 2 amide bonds. The van der Waals surface area contributed by atoms with Crippen LogP contribution in [-0.4, -0.2) is 48.4 Å². The van der Waals surface area contributed by atoms with Gasteiger partial charge in [-0.15, -0.1) is 0 Å². The fourth-order valence-electron chi connectivity index (χ4n) is 4.96. The van der Waals surface area contributed by atoms with Crippen LogP contribution in [0.4, 0.5) is 4.79 Å². The monoisotopic (exact) mass is 544 g/mol. The number of carbonyl (C=O) groups excluding carboxylic acids is 2. The highest BCUT2D eigenvalue weighted by atomic mass is 16.5. The SMILES string of the molecule is C[C@@H](OCc1ccccc1)[C@H](NC(=O)CC(C)(C)CNC(=O)OCC1c2ccccc2-c2ccccc21)C(=O)O. The third-order valence-corrected chi connectivity index (χ3v) is 7.10. The van der Waals surface area contributed by atoms with E-state index >= 15 is 0 Å². The number of amides is 2. The van der Waals surface area contributed by atoms with E-state index in [1.807, 2.05) is 68.4 Å². The molecule has 0 radical (unpaired) electrons. The van der Waals surface area contributed by atoms with Crippen LogP contribution in [0.2, 0.25) is 0 Å². The zero-order valence-corrected chi connectivity index (χ0v) is 23.1. The second kappa shape index (κ2) is 12.8. The van der Waals surface area contributed by atoms with Gasteiger partial charge in [0.1, 0.15) is 6.61 Å². The zero-order chi connectivity index (χ0) is 28.7. The van der Waals surface area contributed by atoms with Gasteiger partial charge in [0, 0.05) is 18.9 Å². The lowest BCUT2D eigenvalue weighted by molar-refractivity contribution is -0.146. The number of carboxylic acids is 1. The normalized spacial score (nSPS) is 14.0. The first-order chi connectivity index (χ1) is 19.1. The van der Waals surface area contributed by atoms with E-state index < -0.39 is 35.5 Å². The summed E-state index contributed by atoms with van der Waals surface area (Å²) in [4.78, 5) is 37.2.